The number of nitrogens with one attached hydrogen (secondary N) is 2. The Kier molecular flexibility index (Phi) is 7.52. The van der Waals surface area contributed by atoms with E-state index in [1.165, 1.54) is 7.11 Å². The summed E-state index contributed by atoms with van der Waals surface area (Å²) in [6.45, 7) is 3.52. The number of hydrogen-bond acceptors (Lipinski definition) is 4. The molecule has 27 heavy (non-hydrogen) atoms. The van der Waals surface area contributed by atoms with E-state index < -0.39 is 12.0 Å². The van der Waals surface area contributed by atoms with Gasteiger partial charge in [0.2, 0.25) is 5.91 Å². The summed E-state index contributed by atoms with van der Waals surface area (Å²) in [6.07, 6.45) is -0.723. The second-order valence-electron chi connectivity index (χ2n) is 6.03. The van der Waals surface area contributed by atoms with E-state index in [1.54, 1.807) is 37.3 Å². The molecule has 0 fully saturated rings. The number of benzene rings is 2. The fourth-order valence-corrected chi connectivity index (χ4v) is 2.69. The van der Waals surface area contributed by atoms with Crippen molar-refractivity contribution >= 4 is 34.8 Å². The minimum Gasteiger partial charge on any atom is -0.367 e. The van der Waals surface area contributed by atoms with Crippen molar-refractivity contribution in [1.29, 1.82) is 0 Å². The van der Waals surface area contributed by atoms with Crippen LogP contribution in [0, 0.1) is 6.92 Å². The van der Waals surface area contributed by atoms with Crippen LogP contribution in [0.15, 0.2) is 53.6 Å². The van der Waals surface area contributed by atoms with Gasteiger partial charge in [-0.1, -0.05) is 41.9 Å². The summed E-state index contributed by atoms with van der Waals surface area (Å²) < 4.78 is 5.24. The van der Waals surface area contributed by atoms with Crippen LogP contribution in [0.3, 0.4) is 0 Å². The van der Waals surface area contributed by atoms with Gasteiger partial charge in [0.1, 0.15) is 0 Å². The molecule has 0 aliphatic rings. The summed E-state index contributed by atoms with van der Waals surface area (Å²) in [6, 6.07) is 14.3. The van der Waals surface area contributed by atoms with Gasteiger partial charge in [-0.15, -0.1) is 0 Å². The minimum atomic E-state index is -0.770. The number of hydrogen-bond donors (Lipinski definition) is 2. The Balaban J connectivity index is 1.92. The number of halogens is 1. The third-order valence-corrected chi connectivity index (χ3v) is 4.05. The van der Waals surface area contributed by atoms with Gasteiger partial charge in [-0.2, -0.15) is 5.10 Å². The number of rotatable bonds is 7. The number of anilines is 1. The highest BCUT2D eigenvalue weighted by atomic mass is 35.5. The van der Waals surface area contributed by atoms with E-state index >= 15 is 0 Å². The Bertz CT molecular complexity index is 838. The van der Waals surface area contributed by atoms with Crippen LogP contribution in [0.1, 0.15) is 30.6 Å². The molecule has 0 unspecified atom stereocenters. The largest absolute Gasteiger partial charge is 0.367 e. The maximum absolute atomic E-state index is 12.3. The Morgan fingerprint density at radius 3 is 2.52 bits per heavy atom. The SMILES string of the molecule is CO[C@@H](C(=O)N/N=C(/C)CC(=O)Nc1ccc(Cl)cc1C)c1ccccc1. The Hall–Kier alpha value is -2.70. The molecule has 142 valence electrons. The molecule has 0 aliphatic carbocycles. The molecule has 2 amide bonds. The van der Waals surface area contributed by atoms with Gasteiger partial charge in [-0.05, 0) is 43.2 Å². The zero-order valence-electron chi connectivity index (χ0n) is 15.5. The van der Waals surface area contributed by atoms with Gasteiger partial charge in [-0.3, -0.25) is 9.59 Å². The third-order valence-electron chi connectivity index (χ3n) is 3.81. The van der Waals surface area contributed by atoms with Crippen molar-refractivity contribution in [3.63, 3.8) is 0 Å². The number of hydrazone groups is 1. The molecule has 0 spiro atoms. The fourth-order valence-electron chi connectivity index (χ4n) is 2.47. The minimum absolute atomic E-state index is 0.0470. The van der Waals surface area contributed by atoms with Crippen molar-refractivity contribution in [1.82, 2.24) is 5.43 Å². The first-order valence-electron chi connectivity index (χ1n) is 8.37. The van der Waals surface area contributed by atoms with Crippen molar-refractivity contribution in [2.45, 2.75) is 26.4 Å². The van der Waals surface area contributed by atoms with E-state index in [2.05, 4.69) is 15.8 Å². The standard InChI is InChI=1S/C20H22ClN3O3/c1-13-11-16(21)9-10-17(13)22-18(25)12-14(2)23-24-20(26)19(27-3)15-7-5-4-6-8-15/h4-11,19H,12H2,1-3H3,(H,22,25)(H,24,26)/b23-14-/t19-/m1/s1. The van der Waals surface area contributed by atoms with Crippen LogP contribution < -0.4 is 10.7 Å². The number of carbonyl (C=O) groups is 2. The number of nitrogens with zero attached hydrogens (tertiary/aromatic N) is 1. The summed E-state index contributed by atoms with van der Waals surface area (Å²) in [7, 11) is 1.45. The van der Waals surface area contributed by atoms with Crippen molar-refractivity contribution < 1.29 is 14.3 Å². The second-order valence-corrected chi connectivity index (χ2v) is 6.47. The van der Waals surface area contributed by atoms with E-state index in [0.717, 1.165) is 11.1 Å². The molecule has 0 saturated carbocycles. The normalized spacial score (nSPS) is 12.4. The van der Waals surface area contributed by atoms with Crippen LogP contribution >= 0.6 is 11.6 Å². The number of ether oxygens (including phenoxy) is 1. The molecule has 6 nitrogen and oxygen atoms in total. The number of aryl methyl sites for hydroxylation is 1. The van der Waals surface area contributed by atoms with E-state index in [1.807, 2.05) is 25.1 Å². The van der Waals surface area contributed by atoms with Gasteiger partial charge < -0.3 is 10.1 Å². The van der Waals surface area contributed by atoms with E-state index in [9.17, 15) is 9.59 Å². The molecule has 0 aliphatic heterocycles. The summed E-state index contributed by atoms with van der Waals surface area (Å²) in [5.41, 5.74) is 5.19. The predicted molar refractivity (Wildman–Crippen MR) is 107 cm³/mol. The number of methoxy groups -OCH3 is 1. The smallest absolute Gasteiger partial charge is 0.273 e. The highest BCUT2D eigenvalue weighted by molar-refractivity contribution is 6.30. The number of carbonyl (C=O) groups excluding carboxylic acids is 2. The zero-order chi connectivity index (χ0) is 19.8. The summed E-state index contributed by atoms with van der Waals surface area (Å²) in [4.78, 5) is 24.4. The van der Waals surface area contributed by atoms with Gasteiger partial charge in [0, 0.05) is 23.5 Å². The number of amides is 2. The average Bonchev–Trinajstić information content (AvgIpc) is 2.64. The van der Waals surface area contributed by atoms with Crippen LogP contribution in [0.2, 0.25) is 5.02 Å². The average molecular weight is 388 g/mol. The lowest BCUT2D eigenvalue weighted by Crippen LogP contribution is -2.28. The molecule has 0 radical (unpaired) electrons. The lowest BCUT2D eigenvalue weighted by Gasteiger charge is -2.14. The van der Waals surface area contributed by atoms with Gasteiger partial charge >= 0.3 is 0 Å². The van der Waals surface area contributed by atoms with Crippen molar-refractivity contribution in [3.05, 3.63) is 64.7 Å². The first kappa shape index (κ1) is 20.6. The van der Waals surface area contributed by atoms with Crippen molar-refractivity contribution in [2.24, 2.45) is 5.10 Å². The predicted octanol–water partition coefficient (Wildman–Crippen LogP) is 3.86. The molecule has 0 saturated heterocycles. The molecule has 2 aromatic rings. The van der Waals surface area contributed by atoms with E-state index in [4.69, 9.17) is 16.3 Å². The lowest BCUT2D eigenvalue weighted by molar-refractivity contribution is -0.131. The highest BCUT2D eigenvalue weighted by Crippen LogP contribution is 2.20. The van der Waals surface area contributed by atoms with E-state index in [-0.39, 0.29) is 12.3 Å². The first-order valence-corrected chi connectivity index (χ1v) is 8.75. The maximum Gasteiger partial charge on any atom is 0.273 e. The lowest BCUT2D eigenvalue weighted by atomic mass is 10.1. The fraction of sp³-hybridized carbons (Fsp3) is 0.250. The van der Waals surface area contributed by atoms with Gasteiger partial charge in [0.15, 0.2) is 6.10 Å². The van der Waals surface area contributed by atoms with Gasteiger partial charge in [0.25, 0.3) is 5.91 Å². The third kappa shape index (κ3) is 6.20. The Morgan fingerprint density at radius 1 is 1.19 bits per heavy atom. The summed E-state index contributed by atoms with van der Waals surface area (Å²) in [5, 5.41) is 7.40. The molecule has 7 heteroatoms. The van der Waals surface area contributed by atoms with Crippen molar-refractivity contribution in [2.75, 3.05) is 12.4 Å². The second kappa shape index (κ2) is 9.85. The molecule has 2 N–H and O–H groups in total. The molecular weight excluding hydrogens is 366 g/mol. The van der Waals surface area contributed by atoms with Gasteiger partial charge in [0.05, 0.1) is 6.42 Å². The molecule has 2 aromatic carbocycles. The first-order chi connectivity index (χ1) is 12.9. The molecule has 0 bridgehead atoms. The van der Waals surface area contributed by atoms with E-state index in [0.29, 0.717) is 16.4 Å². The topological polar surface area (TPSA) is 79.8 Å². The van der Waals surface area contributed by atoms with Crippen LogP contribution in [-0.4, -0.2) is 24.6 Å². The molecule has 0 aromatic heterocycles. The zero-order valence-corrected chi connectivity index (χ0v) is 16.2. The van der Waals surface area contributed by atoms with Crippen LogP contribution in [-0.2, 0) is 14.3 Å². The molecule has 0 heterocycles. The van der Waals surface area contributed by atoms with Crippen molar-refractivity contribution in [3.8, 4) is 0 Å². The van der Waals surface area contributed by atoms with Crippen LogP contribution in [0.25, 0.3) is 0 Å². The Morgan fingerprint density at radius 2 is 1.89 bits per heavy atom. The maximum atomic E-state index is 12.3. The molecule has 1 atom stereocenters. The highest BCUT2D eigenvalue weighted by Gasteiger charge is 2.19. The quantitative estimate of drug-likeness (QED) is 0.559. The van der Waals surface area contributed by atoms with Gasteiger partial charge in [-0.25, -0.2) is 5.43 Å². The van der Waals surface area contributed by atoms with Crippen LogP contribution in [0.5, 0.6) is 0 Å². The molecule has 2 rings (SSSR count). The Labute approximate surface area is 163 Å². The summed E-state index contributed by atoms with van der Waals surface area (Å²) in [5.74, 6) is -0.640. The summed E-state index contributed by atoms with van der Waals surface area (Å²) >= 11 is 5.91. The monoisotopic (exact) mass is 387 g/mol. The van der Waals surface area contributed by atoms with Crippen LogP contribution in [0.4, 0.5) is 5.69 Å². The molecular formula is C20H22ClN3O3.